The summed E-state index contributed by atoms with van der Waals surface area (Å²) >= 11 is 0. The van der Waals surface area contributed by atoms with Crippen LogP contribution in [0.2, 0.25) is 0 Å². The van der Waals surface area contributed by atoms with E-state index in [2.05, 4.69) is 5.32 Å². The van der Waals surface area contributed by atoms with Crippen LogP contribution < -0.4 is 5.32 Å². The summed E-state index contributed by atoms with van der Waals surface area (Å²) in [6.45, 7) is 0.612. The van der Waals surface area contributed by atoms with Gasteiger partial charge in [0, 0.05) is 26.1 Å². The van der Waals surface area contributed by atoms with Crippen molar-refractivity contribution in [3.05, 3.63) is 0 Å². The molecule has 0 atom stereocenters. The highest BCUT2D eigenvalue weighted by Gasteiger charge is 2.28. The Morgan fingerprint density at radius 1 is 1.26 bits per heavy atom. The van der Waals surface area contributed by atoms with Crippen molar-refractivity contribution in [2.24, 2.45) is 5.92 Å². The molecule has 2 amide bonds. The van der Waals surface area contributed by atoms with Gasteiger partial charge in [0.05, 0.1) is 5.92 Å². The number of hydrogen-bond donors (Lipinski definition) is 2. The molecule has 0 radical (unpaired) electrons. The first kappa shape index (κ1) is 15.6. The fourth-order valence-electron chi connectivity index (χ4n) is 1.93. The van der Waals surface area contributed by atoms with Crippen LogP contribution in [0.4, 0.5) is 18.0 Å². The van der Waals surface area contributed by atoms with Gasteiger partial charge in [-0.2, -0.15) is 13.2 Å². The number of nitrogens with zero attached hydrogens (tertiary/aromatic N) is 1. The van der Waals surface area contributed by atoms with E-state index in [0.717, 1.165) is 0 Å². The lowest BCUT2D eigenvalue weighted by molar-refractivity contribution is -0.143. The molecule has 1 heterocycles. The second kappa shape index (κ2) is 6.63. The van der Waals surface area contributed by atoms with E-state index in [1.54, 1.807) is 0 Å². The minimum absolute atomic E-state index is 0.0306. The molecule has 19 heavy (non-hydrogen) atoms. The van der Waals surface area contributed by atoms with Gasteiger partial charge in [-0.15, -0.1) is 0 Å². The van der Waals surface area contributed by atoms with Crippen LogP contribution in [0.1, 0.15) is 25.7 Å². The molecule has 1 aliphatic heterocycles. The van der Waals surface area contributed by atoms with E-state index in [-0.39, 0.29) is 13.0 Å². The van der Waals surface area contributed by atoms with Crippen molar-refractivity contribution in [1.82, 2.24) is 10.2 Å². The van der Waals surface area contributed by atoms with E-state index in [9.17, 15) is 22.8 Å². The van der Waals surface area contributed by atoms with Crippen molar-refractivity contribution >= 4 is 12.0 Å². The first-order valence-corrected chi connectivity index (χ1v) is 6.12. The number of aliphatic carboxylic acids is 1. The maximum atomic E-state index is 11.9. The molecule has 110 valence electrons. The fraction of sp³-hybridized carbons (Fsp3) is 0.818. The Kier molecular flexibility index (Phi) is 5.44. The van der Waals surface area contributed by atoms with Crippen LogP contribution in [0, 0.1) is 5.92 Å². The van der Waals surface area contributed by atoms with Crippen molar-refractivity contribution in [2.75, 3.05) is 19.6 Å². The molecule has 0 spiro atoms. The molecule has 0 bridgehead atoms. The van der Waals surface area contributed by atoms with Crippen LogP contribution >= 0.6 is 0 Å². The van der Waals surface area contributed by atoms with Crippen LogP contribution in [0.25, 0.3) is 0 Å². The largest absolute Gasteiger partial charge is 0.481 e. The summed E-state index contributed by atoms with van der Waals surface area (Å²) < 4.78 is 35.6. The Labute approximate surface area is 108 Å². The zero-order valence-corrected chi connectivity index (χ0v) is 10.4. The third-order valence-corrected chi connectivity index (χ3v) is 3.04. The molecular weight excluding hydrogens is 265 g/mol. The molecule has 0 aromatic heterocycles. The van der Waals surface area contributed by atoms with Gasteiger partial charge in [0.1, 0.15) is 0 Å². The van der Waals surface area contributed by atoms with Crippen molar-refractivity contribution < 1.29 is 27.9 Å². The number of hydrogen-bond acceptors (Lipinski definition) is 2. The maximum Gasteiger partial charge on any atom is 0.389 e. The molecule has 0 aromatic rings. The normalized spacial score (nSPS) is 17.3. The number of amides is 2. The second-order valence-electron chi connectivity index (χ2n) is 4.55. The number of carbonyl (C=O) groups is 2. The van der Waals surface area contributed by atoms with Crippen molar-refractivity contribution in [2.45, 2.75) is 31.9 Å². The summed E-state index contributed by atoms with van der Waals surface area (Å²) in [4.78, 5) is 23.7. The molecule has 2 N–H and O–H groups in total. The van der Waals surface area contributed by atoms with E-state index >= 15 is 0 Å². The lowest BCUT2D eigenvalue weighted by Gasteiger charge is -2.30. The Morgan fingerprint density at radius 3 is 2.32 bits per heavy atom. The number of nitrogens with one attached hydrogen (secondary N) is 1. The summed E-state index contributed by atoms with van der Waals surface area (Å²) in [5.74, 6) is -1.31. The zero-order chi connectivity index (χ0) is 14.5. The summed E-state index contributed by atoms with van der Waals surface area (Å²) in [6.07, 6.45) is -4.52. The number of urea groups is 1. The molecular formula is C11H17F3N2O3. The highest BCUT2D eigenvalue weighted by molar-refractivity contribution is 5.75. The van der Waals surface area contributed by atoms with Gasteiger partial charge in [0.15, 0.2) is 0 Å². The first-order chi connectivity index (χ1) is 8.79. The number of halogens is 3. The Bertz CT molecular complexity index is 326. The summed E-state index contributed by atoms with van der Waals surface area (Å²) in [6, 6.07) is -0.425. The molecule has 0 saturated carbocycles. The third-order valence-electron chi connectivity index (χ3n) is 3.04. The standard InChI is InChI=1S/C11H17F3N2O3/c12-11(13,14)4-1-5-15-10(19)16-6-2-8(3-7-16)9(17)18/h8H,1-7H2,(H,15,19)(H,17,18). The van der Waals surface area contributed by atoms with Crippen molar-refractivity contribution in [1.29, 1.82) is 0 Å². The van der Waals surface area contributed by atoms with Crippen LogP contribution in [-0.4, -0.2) is 47.8 Å². The van der Waals surface area contributed by atoms with Gasteiger partial charge in [0.25, 0.3) is 0 Å². The van der Waals surface area contributed by atoms with Crippen molar-refractivity contribution in [3.63, 3.8) is 0 Å². The molecule has 1 fully saturated rings. The number of alkyl halides is 3. The summed E-state index contributed by atoms with van der Waals surface area (Å²) in [7, 11) is 0. The average Bonchev–Trinajstić information content (AvgIpc) is 2.33. The molecule has 0 unspecified atom stereocenters. The average molecular weight is 282 g/mol. The zero-order valence-electron chi connectivity index (χ0n) is 10.4. The smallest absolute Gasteiger partial charge is 0.389 e. The van der Waals surface area contributed by atoms with E-state index in [4.69, 9.17) is 5.11 Å². The minimum Gasteiger partial charge on any atom is -0.481 e. The highest BCUT2D eigenvalue weighted by Crippen LogP contribution is 2.21. The lowest BCUT2D eigenvalue weighted by Crippen LogP contribution is -2.45. The van der Waals surface area contributed by atoms with E-state index < -0.39 is 30.5 Å². The number of carboxylic acids is 1. The first-order valence-electron chi connectivity index (χ1n) is 6.12. The van der Waals surface area contributed by atoms with Crippen LogP contribution in [0.15, 0.2) is 0 Å². The summed E-state index contributed by atoms with van der Waals surface area (Å²) in [5, 5.41) is 11.2. The van der Waals surface area contributed by atoms with Crippen molar-refractivity contribution in [3.8, 4) is 0 Å². The Morgan fingerprint density at radius 2 is 1.84 bits per heavy atom. The molecule has 8 heteroatoms. The predicted molar refractivity (Wildman–Crippen MR) is 60.6 cm³/mol. The Hall–Kier alpha value is -1.47. The molecule has 0 aliphatic carbocycles. The number of piperidine rings is 1. The van der Waals surface area contributed by atoms with E-state index in [1.165, 1.54) is 4.90 Å². The Balaban J connectivity index is 2.19. The molecule has 0 aromatic carbocycles. The SMILES string of the molecule is O=C(O)C1CCN(C(=O)NCCCC(F)(F)F)CC1. The van der Waals surface area contributed by atoms with Gasteiger partial charge >= 0.3 is 18.2 Å². The number of carboxylic acid groups (broad SMARTS) is 1. The lowest BCUT2D eigenvalue weighted by atomic mass is 9.97. The van der Waals surface area contributed by atoms with Gasteiger partial charge < -0.3 is 15.3 Å². The van der Waals surface area contributed by atoms with Gasteiger partial charge in [-0.1, -0.05) is 0 Å². The van der Waals surface area contributed by atoms with Gasteiger partial charge in [-0.3, -0.25) is 4.79 Å². The second-order valence-corrected chi connectivity index (χ2v) is 4.55. The fourth-order valence-corrected chi connectivity index (χ4v) is 1.93. The minimum atomic E-state index is -4.20. The van der Waals surface area contributed by atoms with Gasteiger partial charge in [-0.25, -0.2) is 4.79 Å². The predicted octanol–water partition coefficient (Wildman–Crippen LogP) is 1.84. The van der Waals surface area contributed by atoms with Crippen LogP contribution in [0.3, 0.4) is 0 Å². The van der Waals surface area contributed by atoms with Gasteiger partial charge in [0.2, 0.25) is 0 Å². The number of carbonyl (C=O) groups excluding carboxylic acids is 1. The topological polar surface area (TPSA) is 69.6 Å². The van der Waals surface area contributed by atoms with E-state index in [1.807, 2.05) is 0 Å². The quantitative estimate of drug-likeness (QED) is 0.773. The van der Waals surface area contributed by atoms with Crippen LogP contribution in [-0.2, 0) is 4.79 Å². The highest BCUT2D eigenvalue weighted by atomic mass is 19.4. The molecule has 5 nitrogen and oxygen atoms in total. The van der Waals surface area contributed by atoms with Gasteiger partial charge in [-0.05, 0) is 19.3 Å². The number of likely N-dealkylation sites (tertiary alicyclic amines) is 1. The maximum absolute atomic E-state index is 11.9. The third kappa shape index (κ3) is 5.80. The van der Waals surface area contributed by atoms with E-state index in [0.29, 0.717) is 25.9 Å². The monoisotopic (exact) mass is 282 g/mol. The summed E-state index contributed by atoms with van der Waals surface area (Å²) in [5.41, 5.74) is 0. The van der Waals surface area contributed by atoms with Crippen LogP contribution in [0.5, 0.6) is 0 Å². The molecule has 1 rings (SSSR count). The molecule has 1 aliphatic rings. The molecule has 1 saturated heterocycles. The number of rotatable bonds is 4.